The third-order valence-electron chi connectivity index (χ3n) is 5.18. The zero-order valence-electron chi connectivity index (χ0n) is 13.3. The highest BCUT2D eigenvalue weighted by Crippen LogP contribution is 2.50. The van der Waals surface area contributed by atoms with Crippen molar-refractivity contribution in [3.8, 4) is 0 Å². The Hall–Kier alpha value is -1.93. The monoisotopic (exact) mass is 353 g/mol. The Kier molecular flexibility index (Phi) is 4.13. The van der Waals surface area contributed by atoms with E-state index in [0.717, 1.165) is 12.8 Å². The first-order valence-corrected chi connectivity index (χ1v) is 9.17. The van der Waals surface area contributed by atoms with Crippen LogP contribution in [-0.2, 0) is 19.6 Å². The molecular weight excluding hydrogens is 334 g/mol. The van der Waals surface area contributed by atoms with Crippen LogP contribution < -0.4 is 0 Å². The van der Waals surface area contributed by atoms with Crippen LogP contribution in [0.3, 0.4) is 0 Å². The van der Waals surface area contributed by atoms with E-state index in [9.17, 15) is 23.1 Å². The first-order valence-electron chi connectivity index (χ1n) is 7.73. The Bertz CT molecular complexity index is 772. The number of carboxylic acid groups (broad SMARTS) is 1. The zero-order valence-corrected chi connectivity index (χ0v) is 14.1. The minimum atomic E-state index is -3.78. The standard InChI is InChI=1S/C16H19NO6S/c1-23-14(18)11-4-6-13(7-5-11)24(21,22)17-9-12-3-2-8-16(12,10-17)15(19)20/h4-7,12H,2-3,8-10H2,1H3,(H,19,20)/t12-,16+/m0/s1. The van der Waals surface area contributed by atoms with Crippen molar-refractivity contribution in [3.05, 3.63) is 29.8 Å². The van der Waals surface area contributed by atoms with Crippen LogP contribution in [0.2, 0.25) is 0 Å². The van der Waals surface area contributed by atoms with Crippen LogP contribution in [0.5, 0.6) is 0 Å². The molecule has 1 aromatic carbocycles. The van der Waals surface area contributed by atoms with Gasteiger partial charge in [-0.1, -0.05) is 6.42 Å². The van der Waals surface area contributed by atoms with Gasteiger partial charge in [0.05, 0.1) is 23.0 Å². The predicted octanol–water partition coefficient (Wildman–Crippen LogP) is 1.35. The first kappa shape index (κ1) is 16.9. The first-order chi connectivity index (χ1) is 11.3. The maximum absolute atomic E-state index is 12.8. The van der Waals surface area contributed by atoms with E-state index in [0.29, 0.717) is 6.42 Å². The number of benzene rings is 1. The molecule has 1 saturated carbocycles. The molecule has 0 unspecified atom stereocenters. The highest BCUT2D eigenvalue weighted by molar-refractivity contribution is 7.89. The lowest BCUT2D eigenvalue weighted by Crippen LogP contribution is -2.37. The van der Waals surface area contributed by atoms with Gasteiger partial charge in [-0.25, -0.2) is 13.2 Å². The van der Waals surface area contributed by atoms with Gasteiger partial charge in [0.2, 0.25) is 10.0 Å². The van der Waals surface area contributed by atoms with Crippen LogP contribution in [0.25, 0.3) is 0 Å². The summed E-state index contributed by atoms with van der Waals surface area (Å²) in [6.07, 6.45) is 2.07. The number of ether oxygens (including phenoxy) is 1. The van der Waals surface area contributed by atoms with Crippen molar-refractivity contribution >= 4 is 22.0 Å². The average molecular weight is 353 g/mol. The number of carbonyl (C=O) groups excluding carboxylic acids is 1. The number of fused-ring (bicyclic) bond motifs is 1. The summed E-state index contributed by atoms with van der Waals surface area (Å²) >= 11 is 0. The third kappa shape index (κ3) is 2.50. The maximum atomic E-state index is 12.8. The molecule has 1 aromatic rings. The van der Waals surface area contributed by atoms with Gasteiger partial charge in [0.25, 0.3) is 0 Å². The van der Waals surface area contributed by atoms with Crippen LogP contribution in [0.4, 0.5) is 0 Å². The summed E-state index contributed by atoms with van der Waals surface area (Å²) in [4.78, 5) is 23.2. The fraction of sp³-hybridized carbons (Fsp3) is 0.500. The lowest BCUT2D eigenvalue weighted by atomic mass is 9.81. The summed E-state index contributed by atoms with van der Waals surface area (Å²) < 4.78 is 31.4. The molecule has 130 valence electrons. The number of hydrogen-bond donors (Lipinski definition) is 1. The molecule has 0 spiro atoms. The van der Waals surface area contributed by atoms with Gasteiger partial charge in [0.1, 0.15) is 0 Å². The van der Waals surface area contributed by atoms with Crippen LogP contribution in [0.1, 0.15) is 29.6 Å². The fourth-order valence-electron chi connectivity index (χ4n) is 3.81. The van der Waals surface area contributed by atoms with Gasteiger partial charge in [0, 0.05) is 13.1 Å². The lowest BCUT2D eigenvalue weighted by Gasteiger charge is -2.23. The van der Waals surface area contributed by atoms with Gasteiger partial charge in [-0.15, -0.1) is 0 Å². The molecule has 2 atom stereocenters. The highest BCUT2D eigenvalue weighted by atomic mass is 32.2. The normalized spacial score (nSPS) is 27.0. The topological polar surface area (TPSA) is 101 Å². The minimum Gasteiger partial charge on any atom is -0.481 e. The van der Waals surface area contributed by atoms with Crippen molar-refractivity contribution in [1.82, 2.24) is 4.31 Å². The van der Waals surface area contributed by atoms with Crippen molar-refractivity contribution in [1.29, 1.82) is 0 Å². The van der Waals surface area contributed by atoms with Gasteiger partial charge in [0.15, 0.2) is 0 Å². The number of carbonyl (C=O) groups is 2. The molecule has 2 aliphatic rings. The largest absolute Gasteiger partial charge is 0.481 e. The van der Waals surface area contributed by atoms with Gasteiger partial charge in [-0.2, -0.15) is 4.31 Å². The van der Waals surface area contributed by atoms with Crippen LogP contribution in [-0.4, -0.2) is 50.0 Å². The summed E-state index contributed by atoms with van der Waals surface area (Å²) in [6, 6.07) is 5.48. The second-order valence-electron chi connectivity index (χ2n) is 6.36. The van der Waals surface area contributed by atoms with E-state index in [1.165, 1.54) is 35.7 Å². The summed E-state index contributed by atoms with van der Waals surface area (Å²) in [5, 5.41) is 9.58. The number of hydrogen-bond acceptors (Lipinski definition) is 5. The molecule has 0 amide bonds. The zero-order chi connectivity index (χ0) is 17.5. The van der Waals surface area contributed by atoms with Crippen molar-refractivity contribution in [2.24, 2.45) is 11.3 Å². The molecule has 1 aliphatic carbocycles. The number of carboxylic acids is 1. The summed E-state index contributed by atoms with van der Waals surface area (Å²) in [7, 11) is -2.53. The van der Waals surface area contributed by atoms with Crippen molar-refractivity contribution < 1.29 is 27.9 Å². The Morgan fingerprint density at radius 1 is 1.29 bits per heavy atom. The molecule has 0 radical (unpaired) electrons. The molecule has 2 fully saturated rings. The lowest BCUT2D eigenvalue weighted by molar-refractivity contribution is -0.149. The molecular formula is C16H19NO6S. The quantitative estimate of drug-likeness (QED) is 0.820. The van der Waals surface area contributed by atoms with E-state index < -0.39 is 27.4 Å². The Morgan fingerprint density at radius 3 is 2.50 bits per heavy atom. The SMILES string of the molecule is COC(=O)c1ccc(S(=O)(=O)N2C[C@@H]3CCC[C@@]3(C(=O)O)C2)cc1. The molecule has 24 heavy (non-hydrogen) atoms. The Balaban J connectivity index is 1.87. The molecule has 7 nitrogen and oxygen atoms in total. The van der Waals surface area contributed by atoms with Gasteiger partial charge in [-0.05, 0) is 43.0 Å². The molecule has 1 aliphatic heterocycles. The number of rotatable bonds is 4. The molecule has 1 saturated heterocycles. The van der Waals surface area contributed by atoms with Crippen LogP contribution >= 0.6 is 0 Å². The van der Waals surface area contributed by atoms with Crippen molar-refractivity contribution in [3.63, 3.8) is 0 Å². The van der Waals surface area contributed by atoms with Crippen LogP contribution in [0.15, 0.2) is 29.2 Å². The van der Waals surface area contributed by atoms with Crippen molar-refractivity contribution in [2.75, 3.05) is 20.2 Å². The summed E-state index contributed by atoms with van der Waals surface area (Å²) in [5.74, 6) is -1.60. The number of nitrogens with zero attached hydrogens (tertiary/aromatic N) is 1. The minimum absolute atomic E-state index is 0.00802. The van der Waals surface area contributed by atoms with E-state index >= 15 is 0 Å². The predicted molar refractivity (Wildman–Crippen MR) is 84.0 cm³/mol. The average Bonchev–Trinajstić information content (AvgIpc) is 3.13. The van der Waals surface area contributed by atoms with E-state index in [4.69, 9.17) is 0 Å². The molecule has 0 bridgehead atoms. The number of methoxy groups -OCH3 is 1. The van der Waals surface area contributed by atoms with E-state index in [2.05, 4.69) is 4.74 Å². The molecule has 0 aromatic heterocycles. The van der Waals surface area contributed by atoms with Crippen molar-refractivity contribution in [2.45, 2.75) is 24.2 Å². The van der Waals surface area contributed by atoms with Gasteiger partial charge >= 0.3 is 11.9 Å². The molecule has 1 heterocycles. The second-order valence-corrected chi connectivity index (χ2v) is 8.30. The highest BCUT2D eigenvalue weighted by Gasteiger charge is 2.57. The number of sulfonamides is 1. The van der Waals surface area contributed by atoms with Gasteiger partial charge < -0.3 is 9.84 Å². The fourth-order valence-corrected chi connectivity index (χ4v) is 5.36. The van der Waals surface area contributed by atoms with E-state index in [1.54, 1.807) is 0 Å². The summed E-state index contributed by atoms with van der Waals surface area (Å²) in [5.41, 5.74) is -0.698. The smallest absolute Gasteiger partial charge is 0.337 e. The van der Waals surface area contributed by atoms with E-state index in [-0.39, 0.29) is 29.5 Å². The molecule has 8 heteroatoms. The van der Waals surface area contributed by atoms with Crippen LogP contribution in [0, 0.1) is 11.3 Å². The number of aliphatic carboxylic acids is 1. The third-order valence-corrected chi connectivity index (χ3v) is 7.00. The summed E-state index contributed by atoms with van der Waals surface area (Å²) in [6.45, 7) is 0.238. The van der Waals surface area contributed by atoms with E-state index in [1.807, 2.05) is 0 Å². The van der Waals surface area contributed by atoms with Gasteiger partial charge in [-0.3, -0.25) is 4.79 Å². The maximum Gasteiger partial charge on any atom is 0.337 e. The number of esters is 1. The Morgan fingerprint density at radius 2 is 1.96 bits per heavy atom. The molecule has 1 N–H and O–H groups in total. The molecule has 3 rings (SSSR count). The Labute approximate surface area is 140 Å². The second kappa shape index (κ2) is 5.86.